The van der Waals surface area contributed by atoms with Crippen LogP contribution in [0.2, 0.25) is 0 Å². The number of carbonyl (C=O) groups excluding carboxylic acids is 1. The van der Waals surface area contributed by atoms with E-state index in [2.05, 4.69) is 10.0 Å². The predicted molar refractivity (Wildman–Crippen MR) is 87.1 cm³/mol. The molecule has 8 nitrogen and oxygen atoms in total. The van der Waals surface area contributed by atoms with Crippen LogP contribution in [0.4, 0.5) is 0 Å². The Labute approximate surface area is 141 Å². The van der Waals surface area contributed by atoms with Gasteiger partial charge in [0.1, 0.15) is 0 Å². The van der Waals surface area contributed by atoms with Gasteiger partial charge in [0.15, 0.2) is 5.54 Å². The summed E-state index contributed by atoms with van der Waals surface area (Å²) in [6, 6.07) is 5.81. The van der Waals surface area contributed by atoms with Gasteiger partial charge in [0.25, 0.3) is 0 Å². The minimum atomic E-state index is -3.55. The Bertz CT molecular complexity index is 686. The second-order valence-corrected chi connectivity index (χ2v) is 7.21. The van der Waals surface area contributed by atoms with Gasteiger partial charge >= 0.3 is 5.97 Å². The van der Waals surface area contributed by atoms with E-state index >= 15 is 0 Å². The maximum Gasteiger partial charge on any atom is 0.331 e. The standard InChI is InChI=1S/C15H22N2O6S/c1-4-16-24(21,22)12-7-5-11(6-8-12)9-13(18)17-15(2,10-23-3)14(19)20/h5-8,16H,4,9-10H2,1-3H3,(H,17,18)(H,19,20). The normalized spacial score (nSPS) is 14.0. The van der Waals surface area contributed by atoms with E-state index < -0.39 is 27.4 Å². The van der Waals surface area contributed by atoms with Gasteiger partial charge in [0.2, 0.25) is 15.9 Å². The van der Waals surface area contributed by atoms with Gasteiger partial charge in [-0.1, -0.05) is 19.1 Å². The van der Waals surface area contributed by atoms with Gasteiger partial charge in [-0.25, -0.2) is 17.9 Å². The summed E-state index contributed by atoms with van der Waals surface area (Å²) in [5, 5.41) is 11.6. The molecule has 0 aromatic heterocycles. The Hall–Kier alpha value is -1.97. The van der Waals surface area contributed by atoms with Crippen molar-refractivity contribution in [2.45, 2.75) is 30.7 Å². The monoisotopic (exact) mass is 358 g/mol. The summed E-state index contributed by atoms with van der Waals surface area (Å²) in [5.74, 6) is -1.70. The van der Waals surface area contributed by atoms with Gasteiger partial charge in [-0.3, -0.25) is 4.79 Å². The van der Waals surface area contributed by atoms with Gasteiger partial charge in [0, 0.05) is 13.7 Å². The Morgan fingerprint density at radius 3 is 2.29 bits per heavy atom. The third kappa shape index (κ3) is 5.29. The fourth-order valence-electron chi connectivity index (χ4n) is 2.04. The summed E-state index contributed by atoms with van der Waals surface area (Å²) in [6.45, 7) is 3.13. The number of sulfonamides is 1. The molecule has 134 valence electrons. The van der Waals surface area contributed by atoms with Gasteiger partial charge in [-0.15, -0.1) is 0 Å². The highest BCUT2D eigenvalue weighted by atomic mass is 32.2. The first-order valence-corrected chi connectivity index (χ1v) is 8.75. The van der Waals surface area contributed by atoms with Crippen molar-refractivity contribution >= 4 is 21.9 Å². The first-order valence-electron chi connectivity index (χ1n) is 7.26. The molecule has 0 fully saturated rings. The van der Waals surface area contributed by atoms with Gasteiger partial charge in [-0.2, -0.15) is 0 Å². The largest absolute Gasteiger partial charge is 0.479 e. The summed E-state index contributed by atoms with van der Waals surface area (Å²) < 4.78 is 30.9. The van der Waals surface area contributed by atoms with Gasteiger partial charge < -0.3 is 15.2 Å². The van der Waals surface area contributed by atoms with E-state index in [0.29, 0.717) is 5.56 Å². The van der Waals surface area contributed by atoms with Crippen LogP contribution in [0.25, 0.3) is 0 Å². The smallest absolute Gasteiger partial charge is 0.331 e. The van der Waals surface area contributed by atoms with Crippen molar-refractivity contribution < 1.29 is 27.9 Å². The first kappa shape index (κ1) is 20.1. The average Bonchev–Trinajstić information content (AvgIpc) is 2.47. The fraction of sp³-hybridized carbons (Fsp3) is 0.467. The van der Waals surface area contributed by atoms with Crippen LogP contribution in [-0.4, -0.2) is 51.2 Å². The summed E-state index contributed by atoms with van der Waals surface area (Å²) in [6.07, 6.45) is -0.0753. The predicted octanol–water partition coefficient (Wildman–Crippen LogP) is 0.133. The Morgan fingerprint density at radius 2 is 1.83 bits per heavy atom. The third-order valence-corrected chi connectivity index (χ3v) is 4.81. The molecule has 1 rings (SSSR count). The number of ether oxygens (including phenoxy) is 1. The highest BCUT2D eigenvalue weighted by Crippen LogP contribution is 2.12. The molecule has 0 radical (unpaired) electrons. The number of aliphatic carboxylic acids is 1. The molecule has 0 bridgehead atoms. The number of nitrogens with one attached hydrogen (secondary N) is 2. The molecule has 1 amide bonds. The van der Waals surface area contributed by atoms with E-state index in [1.807, 2.05) is 0 Å². The number of hydrogen-bond donors (Lipinski definition) is 3. The van der Waals surface area contributed by atoms with Crippen LogP contribution < -0.4 is 10.0 Å². The number of carbonyl (C=O) groups is 2. The second kappa shape index (κ2) is 8.22. The number of carboxylic acids is 1. The number of methoxy groups -OCH3 is 1. The van der Waals surface area contributed by atoms with Crippen molar-refractivity contribution in [1.29, 1.82) is 0 Å². The highest BCUT2D eigenvalue weighted by molar-refractivity contribution is 7.89. The lowest BCUT2D eigenvalue weighted by Crippen LogP contribution is -2.55. The second-order valence-electron chi connectivity index (χ2n) is 5.44. The van der Waals surface area contributed by atoms with Crippen molar-refractivity contribution in [3.05, 3.63) is 29.8 Å². The molecule has 3 N–H and O–H groups in total. The zero-order valence-electron chi connectivity index (χ0n) is 13.8. The van der Waals surface area contributed by atoms with E-state index in [-0.39, 0.29) is 24.5 Å². The molecule has 0 spiro atoms. The molecule has 0 saturated heterocycles. The summed E-state index contributed by atoms with van der Waals surface area (Å²) >= 11 is 0. The van der Waals surface area contributed by atoms with Gasteiger partial charge in [-0.05, 0) is 24.6 Å². The molecule has 0 aliphatic rings. The van der Waals surface area contributed by atoms with Crippen LogP contribution in [0.5, 0.6) is 0 Å². The molecule has 0 aliphatic carbocycles. The fourth-order valence-corrected chi connectivity index (χ4v) is 3.08. The Balaban J connectivity index is 2.80. The molecule has 0 aliphatic heterocycles. The van der Waals surface area contributed by atoms with Crippen molar-refractivity contribution in [3.63, 3.8) is 0 Å². The van der Waals surface area contributed by atoms with Crippen LogP contribution in [0.3, 0.4) is 0 Å². The lowest BCUT2D eigenvalue weighted by Gasteiger charge is -2.25. The molecule has 24 heavy (non-hydrogen) atoms. The summed E-state index contributed by atoms with van der Waals surface area (Å²) in [7, 11) is -2.20. The lowest BCUT2D eigenvalue weighted by atomic mass is 10.0. The van der Waals surface area contributed by atoms with E-state index in [4.69, 9.17) is 4.74 Å². The number of carboxylic acid groups (broad SMARTS) is 1. The summed E-state index contributed by atoms with van der Waals surface area (Å²) in [5.41, 5.74) is -0.965. The SMILES string of the molecule is CCNS(=O)(=O)c1ccc(CC(=O)NC(C)(COC)C(=O)O)cc1. The van der Waals surface area contributed by atoms with Crippen LogP contribution in [0, 0.1) is 0 Å². The topological polar surface area (TPSA) is 122 Å². The van der Waals surface area contributed by atoms with Crippen LogP contribution in [-0.2, 0) is 30.8 Å². The average molecular weight is 358 g/mol. The molecule has 1 aromatic rings. The van der Waals surface area contributed by atoms with Crippen molar-refractivity contribution in [2.75, 3.05) is 20.3 Å². The highest BCUT2D eigenvalue weighted by Gasteiger charge is 2.34. The Kier molecular flexibility index (Phi) is 6.88. The minimum Gasteiger partial charge on any atom is -0.479 e. The maximum absolute atomic E-state index is 12.0. The molecule has 1 aromatic carbocycles. The quantitative estimate of drug-likeness (QED) is 0.577. The molecule has 9 heteroatoms. The van der Waals surface area contributed by atoms with Crippen LogP contribution in [0.1, 0.15) is 19.4 Å². The first-order chi connectivity index (χ1) is 11.1. The third-order valence-electron chi connectivity index (χ3n) is 3.25. The zero-order valence-corrected chi connectivity index (χ0v) is 14.6. The molecule has 1 atom stereocenters. The minimum absolute atomic E-state index is 0.0753. The molecule has 0 heterocycles. The maximum atomic E-state index is 12.0. The lowest BCUT2D eigenvalue weighted by molar-refractivity contribution is -0.149. The van der Waals surface area contributed by atoms with Crippen molar-refractivity contribution in [1.82, 2.24) is 10.0 Å². The van der Waals surface area contributed by atoms with Crippen LogP contribution in [0.15, 0.2) is 29.2 Å². The van der Waals surface area contributed by atoms with E-state index in [0.717, 1.165) is 0 Å². The van der Waals surface area contributed by atoms with Crippen LogP contribution >= 0.6 is 0 Å². The Morgan fingerprint density at radius 1 is 1.25 bits per heavy atom. The van der Waals surface area contributed by atoms with E-state index in [1.165, 1.54) is 38.3 Å². The zero-order chi connectivity index (χ0) is 18.4. The number of amides is 1. The molecule has 0 saturated carbocycles. The number of benzene rings is 1. The van der Waals surface area contributed by atoms with E-state index in [1.54, 1.807) is 6.92 Å². The number of hydrogen-bond acceptors (Lipinski definition) is 5. The van der Waals surface area contributed by atoms with Crippen molar-refractivity contribution in [2.24, 2.45) is 0 Å². The molecular formula is C15H22N2O6S. The van der Waals surface area contributed by atoms with Crippen molar-refractivity contribution in [3.8, 4) is 0 Å². The molecule has 1 unspecified atom stereocenters. The molecular weight excluding hydrogens is 336 g/mol. The van der Waals surface area contributed by atoms with Gasteiger partial charge in [0.05, 0.1) is 17.9 Å². The summed E-state index contributed by atoms with van der Waals surface area (Å²) in [4.78, 5) is 23.4. The number of rotatable bonds is 9. The van der Waals surface area contributed by atoms with E-state index in [9.17, 15) is 23.1 Å².